The summed E-state index contributed by atoms with van der Waals surface area (Å²) in [4.78, 5) is 23.2. The first kappa shape index (κ1) is 15.7. The van der Waals surface area contributed by atoms with Gasteiger partial charge in [-0.3, -0.25) is 9.78 Å². The summed E-state index contributed by atoms with van der Waals surface area (Å²) in [6, 6.07) is 1.82. The fourth-order valence-electron chi connectivity index (χ4n) is 3.23. The number of halogens is 1. The molecule has 126 valence electrons. The molecule has 2 fully saturated rings. The molecule has 4 rings (SSSR count). The number of hydrogen-bond donors (Lipinski definition) is 0. The van der Waals surface area contributed by atoms with Crippen molar-refractivity contribution in [1.82, 2.24) is 20.0 Å². The molecule has 1 atom stereocenters. The summed E-state index contributed by atoms with van der Waals surface area (Å²) in [5.41, 5.74) is 0.624. The van der Waals surface area contributed by atoms with E-state index >= 15 is 0 Å². The minimum absolute atomic E-state index is 0.0395. The van der Waals surface area contributed by atoms with Crippen molar-refractivity contribution in [2.75, 3.05) is 13.1 Å². The number of likely N-dealkylation sites (tertiary alicyclic amines) is 1. The Balaban J connectivity index is 1.40. The van der Waals surface area contributed by atoms with Gasteiger partial charge in [-0.1, -0.05) is 5.16 Å². The topological polar surface area (TPSA) is 72.1 Å². The highest BCUT2D eigenvalue weighted by molar-refractivity contribution is 9.10. The maximum Gasteiger partial charge on any atom is 0.255 e. The number of nitrogens with zero attached hydrogens (tertiary/aromatic N) is 4. The maximum atomic E-state index is 12.7. The molecule has 24 heavy (non-hydrogen) atoms. The first-order valence-corrected chi connectivity index (χ1v) is 9.20. The molecule has 1 aliphatic carbocycles. The molecule has 0 radical (unpaired) electrons. The van der Waals surface area contributed by atoms with E-state index in [9.17, 15) is 4.79 Å². The van der Waals surface area contributed by atoms with Gasteiger partial charge in [0.15, 0.2) is 5.82 Å². The summed E-state index contributed by atoms with van der Waals surface area (Å²) in [6.45, 7) is 1.52. The Morgan fingerprint density at radius 1 is 1.33 bits per heavy atom. The van der Waals surface area contributed by atoms with Crippen LogP contribution >= 0.6 is 15.9 Å². The van der Waals surface area contributed by atoms with Gasteiger partial charge in [0.25, 0.3) is 5.91 Å². The second-order valence-electron chi connectivity index (χ2n) is 6.68. The van der Waals surface area contributed by atoms with Crippen molar-refractivity contribution >= 4 is 21.8 Å². The Morgan fingerprint density at radius 2 is 2.21 bits per heavy atom. The summed E-state index contributed by atoms with van der Waals surface area (Å²) in [7, 11) is 0. The minimum atomic E-state index is 0.0395. The average Bonchev–Trinajstić information content (AvgIpc) is 3.34. The summed E-state index contributed by atoms with van der Waals surface area (Å²) >= 11 is 3.37. The van der Waals surface area contributed by atoms with Crippen LogP contribution in [0.2, 0.25) is 0 Å². The SMILES string of the molecule is O=C(c1cncc(Br)c1)N1CCC[C@H](Cc2nc(C3CC3)no2)C1. The highest BCUT2D eigenvalue weighted by Gasteiger charge is 2.30. The second kappa shape index (κ2) is 6.63. The maximum absolute atomic E-state index is 12.7. The quantitative estimate of drug-likeness (QED) is 0.801. The molecule has 1 saturated heterocycles. The van der Waals surface area contributed by atoms with Gasteiger partial charge in [0.2, 0.25) is 5.89 Å². The summed E-state index contributed by atoms with van der Waals surface area (Å²) in [5, 5.41) is 4.07. The fourth-order valence-corrected chi connectivity index (χ4v) is 3.60. The van der Waals surface area contributed by atoms with E-state index in [1.54, 1.807) is 12.4 Å². The zero-order chi connectivity index (χ0) is 16.5. The van der Waals surface area contributed by atoms with Gasteiger partial charge in [-0.25, -0.2) is 0 Å². The number of amides is 1. The van der Waals surface area contributed by atoms with Gasteiger partial charge in [0, 0.05) is 42.3 Å². The van der Waals surface area contributed by atoms with Crippen molar-refractivity contribution < 1.29 is 9.32 Å². The zero-order valence-electron chi connectivity index (χ0n) is 13.3. The number of pyridine rings is 1. The number of piperidine rings is 1. The van der Waals surface area contributed by atoms with Crippen molar-refractivity contribution in [2.24, 2.45) is 5.92 Å². The van der Waals surface area contributed by atoms with E-state index in [-0.39, 0.29) is 5.91 Å². The molecule has 2 aromatic rings. The van der Waals surface area contributed by atoms with Crippen molar-refractivity contribution in [3.05, 3.63) is 40.2 Å². The van der Waals surface area contributed by atoms with Crippen LogP contribution in [0.4, 0.5) is 0 Å². The number of carbonyl (C=O) groups excluding carboxylic acids is 1. The zero-order valence-corrected chi connectivity index (χ0v) is 14.9. The lowest BCUT2D eigenvalue weighted by Gasteiger charge is -2.32. The summed E-state index contributed by atoms with van der Waals surface area (Å²) < 4.78 is 6.20. The van der Waals surface area contributed by atoms with Gasteiger partial charge in [0.1, 0.15) is 0 Å². The number of carbonyl (C=O) groups is 1. The highest BCUT2D eigenvalue weighted by atomic mass is 79.9. The van der Waals surface area contributed by atoms with Crippen LogP contribution in [0.25, 0.3) is 0 Å². The Labute approximate surface area is 148 Å². The lowest BCUT2D eigenvalue weighted by Crippen LogP contribution is -2.40. The normalized spacial score (nSPS) is 21.0. The van der Waals surface area contributed by atoms with Crippen LogP contribution in [-0.4, -0.2) is 39.0 Å². The molecule has 0 aromatic carbocycles. The summed E-state index contributed by atoms with van der Waals surface area (Å²) in [5.74, 6) is 2.48. The molecule has 0 unspecified atom stereocenters. The largest absolute Gasteiger partial charge is 0.339 e. The molecule has 1 amide bonds. The predicted octanol–water partition coefficient (Wildman–Crippen LogP) is 3.20. The van der Waals surface area contributed by atoms with Crippen molar-refractivity contribution in [1.29, 1.82) is 0 Å². The van der Waals surface area contributed by atoms with E-state index in [1.807, 2.05) is 11.0 Å². The van der Waals surface area contributed by atoms with Crippen molar-refractivity contribution in [2.45, 2.75) is 38.0 Å². The van der Waals surface area contributed by atoms with Gasteiger partial charge in [-0.2, -0.15) is 4.98 Å². The smallest absolute Gasteiger partial charge is 0.255 e. The molecule has 2 aromatic heterocycles. The van der Waals surface area contributed by atoms with E-state index in [4.69, 9.17) is 4.52 Å². The molecular formula is C17H19BrN4O2. The van der Waals surface area contributed by atoms with Gasteiger partial charge in [0.05, 0.1) is 5.56 Å². The third-order valence-corrected chi connectivity index (χ3v) is 5.08. The van der Waals surface area contributed by atoms with Crippen LogP contribution in [0, 0.1) is 5.92 Å². The lowest BCUT2D eigenvalue weighted by molar-refractivity contribution is 0.0667. The van der Waals surface area contributed by atoms with Crippen LogP contribution in [0.5, 0.6) is 0 Å². The Kier molecular flexibility index (Phi) is 4.35. The monoisotopic (exact) mass is 390 g/mol. The van der Waals surface area contributed by atoms with Gasteiger partial charge >= 0.3 is 0 Å². The average molecular weight is 391 g/mol. The van der Waals surface area contributed by atoms with Crippen LogP contribution in [0.1, 0.15) is 53.7 Å². The standard InChI is InChI=1S/C17H19BrN4O2/c18-14-7-13(8-19-9-14)17(23)22-5-1-2-11(10-22)6-15-20-16(21-24-15)12-3-4-12/h7-9,11-12H,1-6,10H2/t11-/m1/s1. The molecule has 0 bridgehead atoms. The molecule has 7 heteroatoms. The Morgan fingerprint density at radius 3 is 3.00 bits per heavy atom. The molecule has 6 nitrogen and oxygen atoms in total. The molecule has 2 aliphatic rings. The molecule has 1 aliphatic heterocycles. The van der Waals surface area contributed by atoms with Crippen LogP contribution in [0.15, 0.2) is 27.5 Å². The Bertz CT molecular complexity index is 744. The van der Waals surface area contributed by atoms with Crippen molar-refractivity contribution in [3.8, 4) is 0 Å². The number of hydrogen-bond acceptors (Lipinski definition) is 5. The van der Waals surface area contributed by atoms with Crippen molar-refractivity contribution in [3.63, 3.8) is 0 Å². The molecule has 0 N–H and O–H groups in total. The van der Waals surface area contributed by atoms with Crippen LogP contribution < -0.4 is 0 Å². The molecule has 0 spiro atoms. The van der Waals surface area contributed by atoms with Crippen LogP contribution in [-0.2, 0) is 6.42 Å². The number of aromatic nitrogens is 3. The van der Waals surface area contributed by atoms with Gasteiger partial charge < -0.3 is 9.42 Å². The first-order valence-electron chi connectivity index (χ1n) is 8.41. The van der Waals surface area contributed by atoms with E-state index < -0.39 is 0 Å². The van der Waals surface area contributed by atoms with E-state index in [2.05, 4.69) is 31.1 Å². The highest BCUT2D eigenvalue weighted by Crippen LogP contribution is 2.38. The van der Waals surface area contributed by atoms with Crippen LogP contribution in [0.3, 0.4) is 0 Å². The molecular weight excluding hydrogens is 372 g/mol. The van der Waals surface area contributed by atoms with E-state index in [0.717, 1.165) is 42.6 Å². The van der Waals surface area contributed by atoms with E-state index in [1.165, 1.54) is 12.8 Å². The lowest BCUT2D eigenvalue weighted by atomic mass is 9.94. The molecule has 1 saturated carbocycles. The third kappa shape index (κ3) is 3.50. The minimum Gasteiger partial charge on any atom is -0.339 e. The molecule has 3 heterocycles. The van der Waals surface area contributed by atoms with Gasteiger partial charge in [-0.05, 0) is 53.6 Å². The van der Waals surface area contributed by atoms with E-state index in [0.29, 0.717) is 23.3 Å². The van der Waals surface area contributed by atoms with Gasteiger partial charge in [-0.15, -0.1) is 0 Å². The number of rotatable bonds is 4. The second-order valence-corrected chi connectivity index (χ2v) is 7.59. The predicted molar refractivity (Wildman–Crippen MR) is 90.5 cm³/mol. The third-order valence-electron chi connectivity index (χ3n) is 4.65. The Hall–Kier alpha value is -1.76. The first-order chi connectivity index (χ1) is 11.7. The fraction of sp³-hybridized carbons (Fsp3) is 0.529. The summed E-state index contributed by atoms with van der Waals surface area (Å²) in [6.07, 6.45) is 8.49.